The van der Waals surface area contributed by atoms with Crippen LogP contribution in [0.25, 0.3) is 0 Å². The van der Waals surface area contributed by atoms with Crippen LogP contribution in [-0.4, -0.2) is 32.8 Å². The van der Waals surface area contributed by atoms with Gasteiger partial charge in [-0.2, -0.15) is 5.26 Å². The third kappa shape index (κ3) is 4.43. The summed E-state index contributed by atoms with van der Waals surface area (Å²) >= 11 is 3.42. The van der Waals surface area contributed by atoms with E-state index in [1.807, 2.05) is 6.92 Å². The first-order valence-corrected chi connectivity index (χ1v) is 10.8. The van der Waals surface area contributed by atoms with Gasteiger partial charge >= 0.3 is 11.9 Å². The quantitative estimate of drug-likeness (QED) is 0.583. The van der Waals surface area contributed by atoms with Gasteiger partial charge < -0.3 is 19.9 Å². The van der Waals surface area contributed by atoms with Gasteiger partial charge in [0, 0.05) is 4.47 Å². The molecule has 0 saturated carbocycles. The normalized spacial score (nSPS) is 15.7. The summed E-state index contributed by atoms with van der Waals surface area (Å²) in [6.45, 7) is 2.15. The number of nitrogens with zero attached hydrogens (tertiary/aromatic N) is 2. The molecule has 3 rings (SSSR count). The van der Waals surface area contributed by atoms with E-state index in [1.165, 1.54) is 19.1 Å². The molecule has 2 aromatic carbocycles. The van der Waals surface area contributed by atoms with Gasteiger partial charge in [-0.15, -0.1) is 0 Å². The predicted octanol–water partition coefficient (Wildman–Crippen LogP) is 3.75. The lowest BCUT2D eigenvalue weighted by Crippen LogP contribution is -2.41. The van der Waals surface area contributed by atoms with E-state index < -0.39 is 17.9 Å². The number of methoxy groups -OCH3 is 2. The van der Waals surface area contributed by atoms with E-state index in [2.05, 4.69) is 22.0 Å². The van der Waals surface area contributed by atoms with Gasteiger partial charge in [0.05, 0.1) is 49.6 Å². The zero-order valence-corrected chi connectivity index (χ0v) is 19.9. The van der Waals surface area contributed by atoms with Crippen molar-refractivity contribution in [1.82, 2.24) is 0 Å². The summed E-state index contributed by atoms with van der Waals surface area (Å²) in [4.78, 5) is 27.5. The van der Waals surface area contributed by atoms with E-state index in [1.54, 1.807) is 48.5 Å². The maximum Gasteiger partial charge on any atom is 0.355 e. The average molecular weight is 512 g/mol. The van der Waals surface area contributed by atoms with Crippen LogP contribution >= 0.6 is 15.9 Å². The van der Waals surface area contributed by atoms with Crippen molar-refractivity contribution in [3.05, 3.63) is 81.2 Å². The molecule has 170 valence electrons. The van der Waals surface area contributed by atoms with Crippen LogP contribution in [0, 0.1) is 11.3 Å². The van der Waals surface area contributed by atoms with E-state index in [0.717, 1.165) is 0 Å². The molecule has 0 aromatic heterocycles. The molecule has 0 aliphatic carbocycles. The Bertz CT molecular complexity index is 1180. The molecule has 9 heteroatoms. The highest BCUT2D eigenvalue weighted by Gasteiger charge is 2.43. The molecule has 1 aliphatic heterocycles. The molecule has 0 bridgehead atoms. The molecule has 1 atom stereocenters. The van der Waals surface area contributed by atoms with E-state index in [4.69, 9.17) is 19.9 Å². The largest absolute Gasteiger partial charge is 0.492 e. The summed E-state index contributed by atoms with van der Waals surface area (Å²) in [5.41, 5.74) is 7.32. The number of halogens is 1. The number of nitrogens with two attached hydrogens (primary N) is 1. The molecule has 8 nitrogen and oxygen atoms in total. The molecule has 0 spiro atoms. The highest BCUT2D eigenvalue weighted by atomic mass is 79.9. The Morgan fingerprint density at radius 1 is 1.12 bits per heavy atom. The number of hydrogen-bond acceptors (Lipinski definition) is 8. The Kier molecular flexibility index (Phi) is 7.41. The SMILES string of the molecule is CCOc1ccc(Br)cc1N1C(N)=C(C#N)C(c2ccccc2)C(C(=O)OC)=C1C(=O)OC. The van der Waals surface area contributed by atoms with Gasteiger partial charge in [-0.1, -0.05) is 46.3 Å². The molecular formula is C24H22BrN3O5. The Hall–Kier alpha value is -3.77. The first kappa shape index (κ1) is 23.9. The van der Waals surface area contributed by atoms with Crippen molar-refractivity contribution < 1.29 is 23.8 Å². The number of benzene rings is 2. The average Bonchev–Trinajstić information content (AvgIpc) is 2.84. The van der Waals surface area contributed by atoms with Gasteiger partial charge in [-0.3, -0.25) is 4.90 Å². The highest BCUT2D eigenvalue weighted by Crippen LogP contribution is 2.45. The van der Waals surface area contributed by atoms with Gasteiger partial charge in [0.2, 0.25) is 0 Å². The Labute approximate surface area is 200 Å². The van der Waals surface area contributed by atoms with Crippen molar-refractivity contribution >= 4 is 33.6 Å². The summed E-state index contributed by atoms with van der Waals surface area (Å²) < 4.78 is 16.5. The van der Waals surface area contributed by atoms with Crippen molar-refractivity contribution in [3.63, 3.8) is 0 Å². The van der Waals surface area contributed by atoms with E-state index in [9.17, 15) is 14.9 Å². The van der Waals surface area contributed by atoms with Crippen molar-refractivity contribution in [2.45, 2.75) is 12.8 Å². The van der Waals surface area contributed by atoms with Crippen LogP contribution < -0.4 is 15.4 Å². The molecule has 1 heterocycles. The zero-order valence-electron chi connectivity index (χ0n) is 18.3. The van der Waals surface area contributed by atoms with Crippen LogP contribution in [0.1, 0.15) is 18.4 Å². The van der Waals surface area contributed by atoms with Gasteiger partial charge in [0.25, 0.3) is 0 Å². The molecular weight excluding hydrogens is 490 g/mol. The molecule has 0 saturated heterocycles. The number of carbonyl (C=O) groups is 2. The molecule has 1 aliphatic rings. The standard InChI is InChI=1S/C24H22BrN3O5/c1-4-33-18-11-10-15(25)12-17(18)28-21(24(30)32-3)20(23(29)31-2)19(16(13-26)22(28)27)14-8-6-5-7-9-14/h5-12,19H,4,27H2,1-3H3. The maximum absolute atomic E-state index is 13.1. The predicted molar refractivity (Wildman–Crippen MR) is 125 cm³/mol. The van der Waals surface area contributed by atoms with Crippen LogP contribution in [-0.2, 0) is 19.1 Å². The minimum absolute atomic E-state index is 0.0292. The summed E-state index contributed by atoms with van der Waals surface area (Å²) in [6.07, 6.45) is 0. The van der Waals surface area contributed by atoms with Crippen LogP contribution in [0.3, 0.4) is 0 Å². The molecule has 2 N–H and O–H groups in total. The number of allylic oxidation sites excluding steroid dienone is 1. The van der Waals surface area contributed by atoms with Gasteiger partial charge in [0.15, 0.2) is 0 Å². The molecule has 1 unspecified atom stereocenters. The van der Waals surface area contributed by atoms with Crippen LogP contribution in [0.2, 0.25) is 0 Å². The number of rotatable bonds is 6. The molecule has 0 radical (unpaired) electrons. The second-order valence-electron chi connectivity index (χ2n) is 6.88. The number of nitriles is 1. The Balaban J connectivity index is 2.45. The number of anilines is 1. The Morgan fingerprint density at radius 3 is 2.36 bits per heavy atom. The molecule has 0 fully saturated rings. The molecule has 2 aromatic rings. The van der Waals surface area contributed by atoms with E-state index >= 15 is 0 Å². The maximum atomic E-state index is 13.1. The second kappa shape index (κ2) is 10.2. The first-order valence-electron chi connectivity index (χ1n) is 9.97. The summed E-state index contributed by atoms with van der Waals surface area (Å²) in [5, 5.41) is 10.1. The lowest BCUT2D eigenvalue weighted by Gasteiger charge is -2.36. The van der Waals surface area contributed by atoms with E-state index in [-0.39, 0.29) is 22.7 Å². The van der Waals surface area contributed by atoms with Gasteiger partial charge in [-0.25, -0.2) is 9.59 Å². The minimum Gasteiger partial charge on any atom is -0.492 e. The lowest BCUT2D eigenvalue weighted by molar-refractivity contribution is -0.139. The third-order valence-corrected chi connectivity index (χ3v) is 5.57. The number of ether oxygens (including phenoxy) is 3. The fraction of sp³-hybridized carbons (Fsp3) is 0.208. The van der Waals surface area contributed by atoms with Crippen molar-refractivity contribution in [3.8, 4) is 11.8 Å². The first-order chi connectivity index (χ1) is 15.9. The summed E-state index contributed by atoms with van der Waals surface area (Å²) in [6, 6.07) is 16.1. The van der Waals surface area contributed by atoms with Crippen molar-refractivity contribution in [2.24, 2.45) is 5.73 Å². The fourth-order valence-electron chi connectivity index (χ4n) is 3.71. The molecule has 0 amide bonds. The number of esters is 2. The fourth-order valence-corrected chi connectivity index (χ4v) is 4.06. The number of carbonyl (C=O) groups excluding carboxylic acids is 2. The lowest BCUT2D eigenvalue weighted by atomic mass is 9.81. The number of hydrogen-bond donors (Lipinski definition) is 1. The Morgan fingerprint density at radius 2 is 1.79 bits per heavy atom. The second-order valence-corrected chi connectivity index (χ2v) is 7.80. The minimum atomic E-state index is -0.934. The monoisotopic (exact) mass is 511 g/mol. The molecule has 33 heavy (non-hydrogen) atoms. The highest BCUT2D eigenvalue weighted by molar-refractivity contribution is 9.10. The van der Waals surface area contributed by atoms with Crippen LogP contribution in [0.15, 0.2) is 75.7 Å². The zero-order chi connectivity index (χ0) is 24.1. The third-order valence-electron chi connectivity index (χ3n) is 5.07. The van der Waals surface area contributed by atoms with Crippen LogP contribution in [0.4, 0.5) is 5.69 Å². The van der Waals surface area contributed by atoms with Crippen molar-refractivity contribution in [1.29, 1.82) is 5.26 Å². The van der Waals surface area contributed by atoms with Gasteiger partial charge in [-0.05, 0) is 30.7 Å². The summed E-state index contributed by atoms with van der Waals surface area (Å²) in [7, 11) is 2.40. The van der Waals surface area contributed by atoms with Gasteiger partial charge in [0.1, 0.15) is 17.3 Å². The van der Waals surface area contributed by atoms with Crippen LogP contribution in [0.5, 0.6) is 5.75 Å². The van der Waals surface area contributed by atoms with Crippen molar-refractivity contribution in [2.75, 3.05) is 25.7 Å². The van der Waals surface area contributed by atoms with E-state index in [0.29, 0.717) is 28.1 Å². The topological polar surface area (TPSA) is 115 Å². The smallest absolute Gasteiger partial charge is 0.355 e. The summed E-state index contributed by atoms with van der Waals surface area (Å²) in [5.74, 6) is -2.18.